The van der Waals surface area contributed by atoms with Crippen LogP contribution in [0.2, 0.25) is 0 Å². The second-order valence-corrected chi connectivity index (χ2v) is 6.46. The fraction of sp³-hybridized carbons (Fsp3) is 0.533. The Morgan fingerprint density at radius 1 is 1.13 bits per heavy atom. The van der Waals surface area contributed by atoms with E-state index in [9.17, 15) is 13.2 Å². The summed E-state index contributed by atoms with van der Waals surface area (Å²) in [6.07, 6.45) is -0.661. The van der Waals surface area contributed by atoms with Gasteiger partial charge >= 0.3 is 6.09 Å². The van der Waals surface area contributed by atoms with Crippen molar-refractivity contribution in [3.8, 4) is 5.75 Å². The fourth-order valence-corrected chi connectivity index (χ4v) is 3.52. The van der Waals surface area contributed by atoms with Crippen LogP contribution in [0.3, 0.4) is 0 Å². The van der Waals surface area contributed by atoms with Gasteiger partial charge in [-0.2, -0.15) is 4.31 Å². The third-order valence-electron chi connectivity index (χ3n) is 3.11. The number of hydrogen-bond donors (Lipinski definition) is 1. The molecule has 0 aliphatic rings. The molecule has 0 heterocycles. The number of benzene rings is 1. The summed E-state index contributed by atoms with van der Waals surface area (Å²) < 4.78 is 36.7. The number of rotatable bonds is 8. The number of carbonyl (C=O) groups excluding carboxylic acids is 1. The molecule has 8 heteroatoms. The summed E-state index contributed by atoms with van der Waals surface area (Å²) in [5.41, 5.74) is 0.263. The van der Waals surface area contributed by atoms with Crippen LogP contribution in [0.5, 0.6) is 5.75 Å². The Morgan fingerprint density at radius 2 is 1.78 bits per heavy atom. The molecule has 0 saturated heterocycles. The number of carbonyl (C=O) groups is 1. The number of nitrogens with zero attached hydrogens (tertiary/aromatic N) is 1. The quantitative estimate of drug-likeness (QED) is 0.784. The molecular weight excluding hydrogens is 320 g/mol. The number of sulfonamides is 1. The normalized spacial score (nSPS) is 11.3. The average Bonchev–Trinajstić information content (AvgIpc) is 2.50. The molecule has 0 atom stereocenters. The van der Waals surface area contributed by atoms with Crippen LogP contribution in [0.15, 0.2) is 23.1 Å². The first-order chi connectivity index (χ1) is 10.9. The van der Waals surface area contributed by atoms with Crippen LogP contribution in [0.4, 0.5) is 10.5 Å². The van der Waals surface area contributed by atoms with E-state index in [0.29, 0.717) is 25.4 Å². The van der Waals surface area contributed by atoms with Crippen molar-refractivity contribution in [2.24, 2.45) is 0 Å². The molecular formula is C15H24N2O5S. The van der Waals surface area contributed by atoms with Crippen LogP contribution in [0, 0.1) is 0 Å². The molecule has 0 unspecified atom stereocenters. The molecule has 0 radical (unpaired) electrons. The SMILES string of the molecule is CCOC(=O)Nc1cc(S(=O)(=O)N(CC)CC)ccc1OCC. The van der Waals surface area contributed by atoms with E-state index >= 15 is 0 Å². The summed E-state index contributed by atoms with van der Waals surface area (Å²) in [7, 11) is -3.62. The fourth-order valence-electron chi connectivity index (χ4n) is 2.04. The first-order valence-electron chi connectivity index (χ1n) is 7.61. The van der Waals surface area contributed by atoms with Crippen molar-refractivity contribution < 1.29 is 22.7 Å². The number of hydrogen-bond acceptors (Lipinski definition) is 5. The third-order valence-corrected chi connectivity index (χ3v) is 5.15. The zero-order valence-corrected chi connectivity index (χ0v) is 14.8. The molecule has 0 aromatic heterocycles. The van der Waals surface area contributed by atoms with Crippen LogP contribution in [-0.2, 0) is 14.8 Å². The maximum Gasteiger partial charge on any atom is 0.411 e. The lowest BCUT2D eigenvalue weighted by molar-refractivity contribution is 0.167. The largest absolute Gasteiger partial charge is 0.492 e. The summed E-state index contributed by atoms with van der Waals surface area (Å²) in [5.74, 6) is 0.388. The van der Waals surface area contributed by atoms with Crippen molar-refractivity contribution in [3.05, 3.63) is 18.2 Å². The average molecular weight is 344 g/mol. The topological polar surface area (TPSA) is 84.9 Å². The summed E-state index contributed by atoms with van der Waals surface area (Å²) in [4.78, 5) is 11.7. The van der Waals surface area contributed by atoms with Crippen LogP contribution in [0.25, 0.3) is 0 Å². The van der Waals surface area contributed by atoms with E-state index in [1.165, 1.54) is 22.5 Å². The van der Waals surface area contributed by atoms with Crippen molar-refractivity contribution in [1.82, 2.24) is 4.31 Å². The summed E-state index contributed by atoms with van der Waals surface area (Å²) >= 11 is 0. The maximum atomic E-state index is 12.6. The molecule has 1 aromatic carbocycles. The molecule has 7 nitrogen and oxygen atoms in total. The minimum atomic E-state index is -3.62. The van der Waals surface area contributed by atoms with Gasteiger partial charge in [0.05, 0.1) is 23.8 Å². The van der Waals surface area contributed by atoms with E-state index in [1.54, 1.807) is 27.7 Å². The number of amides is 1. The van der Waals surface area contributed by atoms with E-state index in [2.05, 4.69) is 5.32 Å². The van der Waals surface area contributed by atoms with Crippen molar-refractivity contribution in [1.29, 1.82) is 0 Å². The molecule has 0 fully saturated rings. The molecule has 1 N–H and O–H groups in total. The van der Waals surface area contributed by atoms with Crippen LogP contribution >= 0.6 is 0 Å². The Balaban J connectivity index is 3.24. The van der Waals surface area contributed by atoms with Crippen LogP contribution in [0.1, 0.15) is 27.7 Å². The van der Waals surface area contributed by atoms with E-state index in [1.807, 2.05) is 0 Å². The number of ether oxygens (including phenoxy) is 2. The highest BCUT2D eigenvalue weighted by atomic mass is 32.2. The standard InChI is InChI=1S/C15H24N2O5S/c1-5-17(6-2)23(19,20)12-9-10-14(21-7-3)13(11-12)16-15(18)22-8-4/h9-11H,5-8H2,1-4H3,(H,16,18). The first-order valence-corrected chi connectivity index (χ1v) is 9.05. The van der Waals surface area contributed by atoms with Gasteiger partial charge in [0.15, 0.2) is 0 Å². The van der Waals surface area contributed by atoms with Gasteiger partial charge in [0, 0.05) is 13.1 Å². The molecule has 1 aromatic rings. The molecule has 1 rings (SSSR count). The van der Waals surface area contributed by atoms with E-state index < -0.39 is 16.1 Å². The summed E-state index contributed by atoms with van der Waals surface area (Å²) in [6.45, 7) is 8.37. The van der Waals surface area contributed by atoms with Crippen LogP contribution in [-0.4, -0.2) is 45.1 Å². The summed E-state index contributed by atoms with van der Waals surface area (Å²) in [5, 5.41) is 2.51. The van der Waals surface area contributed by atoms with Gasteiger partial charge in [-0.15, -0.1) is 0 Å². The van der Waals surface area contributed by atoms with Gasteiger partial charge in [-0.1, -0.05) is 13.8 Å². The van der Waals surface area contributed by atoms with Gasteiger partial charge in [0.2, 0.25) is 10.0 Å². The molecule has 23 heavy (non-hydrogen) atoms. The Kier molecular flexibility index (Phi) is 7.31. The van der Waals surface area contributed by atoms with E-state index in [0.717, 1.165) is 0 Å². The minimum Gasteiger partial charge on any atom is -0.492 e. The van der Waals surface area contributed by atoms with Gasteiger partial charge < -0.3 is 9.47 Å². The Hall–Kier alpha value is -1.80. The monoisotopic (exact) mass is 344 g/mol. The van der Waals surface area contributed by atoms with E-state index in [-0.39, 0.29) is 17.2 Å². The molecule has 130 valence electrons. The second kappa shape index (κ2) is 8.73. The van der Waals surface area contributed by atoms with Crippen molar-refractivity contribution in [2.75, 3.05) is 31.6 Å². The number of nitrogens with one attached hydrogen (secondary N) is 1. The molecule has 0 spiro atoms. The first kappa shape index (κ1) is 19.2. The Labute approximate surface area is 137 Å². The molecule has 0 bridgehead atoms. The predicted molar refractivity (Wildman–Crippen MR) is 88.4 cm³/mol. The minimum absolute atomic E-state index is 0.0939. The predicted octanol–water partition coefficient (Wildman–Crippen LogP) is 2.68. The van der Waals surface area contributed by atoms with Gasteiger partial charge in [-0.05, 0) is 32.0 Å². The molecule has 0 aliphatic carbocycles. The molecule has 0 aliphatic heterocycles. The Morgan fingerprint density at radius 3 is 2.30 bits per heavy atom. The van der Waals surface area contributed by atoms with Crippen molar-refractivity contribution >= 4 is 21.8 Å². The lowest BCUT2D eigenvalue weighted by atomic mass is 10.3. The lowest BCUT2D eigenvalue weighted by Gasteiger charge is -2.19. The zero-order valence-electron chi connectivity index (χ0n) is 14.0. The highest BCUT2D eigenvalue weighted by Gasteiger charge is 2.23. The second-order valence-electron chi connectivity index (χ2n) is 4.53. The summed E-state index contributed by atoms with van der Waals surface area (Å²) in [6, 6.07) is 4.38. The highest BCUT2D eigenvalue weighted by Crippen LogP contribution is 2.29. The molecule has 1 amide bonds. The number of anilines is 1. The van der Waals surface area contributed by atoms with Gasteiger partial charge in [-0.25, -0.2) is 13.2 Å². The van der Waals surface area contributed by atoms with Gasteiger partial charge in [0.25, 0.3) is 0 Å². The highest BCUT2D eigenvalue weighted by molar-refractivity contribution is 7.89. The van der Waals surface area contributed by atoms with Gasteiger partial charge in [-0.3, -0.25) is 5.32 Å². The Bertz CT molecular complexity index is 627. The smallest absolute Gasteiger partial charge is 0.411 e. The van der Waals surface area contributed by atoms with Gasteiger partial charge in [0.1, 0.15) is 5.75 Å². The zero-order chi connectivity index (χ0) is 17.5. The van der Waals surface area contributed by atoms with Crippen LogP contribution < -0.4 is 10.1 Å². The lowest BCUT2D eigenvalue weighted by Crippen LogP contribution is -2.30. The van der Waals surface area contributed by atoms with E-state index in [4.69, 9.17) is 9.47 Å². The molecule has 0 saturated carbocycles. The van der Waals surface area contributed by atoms with Crippen molar-refractivity contribution in [3.63, 3.8) is 0 Å². The van der Waals surface area contributed by atoms with Crippen molar-refractivity contribution in [2.45, 2.75) is 32.6 Å². The third kappa shape index (κ3) is 4.84. The maximum absolute atomic E-state index is 12.6.